The van der Waals surface area contributed by atoms with Gasteiger partial charge in [-0.1, -0.05) is 0 Å². The molecular formula is C3H7N2O2-. The fraction of sp³-hybridized carbons (Fsp3) is 1.00. The van der Waals surface area contributed by atoms with Gasteiger partial charge < -0.3 is 15.4 Å². The summed E-state index contributed by atoms with van der Waals surface area (Å²) in [4.78, 5) is 0. The number of aliphatic hydroxyl groups excluding tert-OH is 1. The zero-order valence-corrected chi connectivity index (χ0v) is 3.79. The van der Waals surface area contributed by atoms with Crippen molar-refractivity contribution in [1.29, 1.82) is 0 Å². The van der Waals surface area contributed by atoms with Gasteiger partial charge in [-0.15, -0.1) is 0 Å². The average Bonchev–Trinajstić information content (AvgIpc) is 1.91. The van der Waals surface area contributed by atoms with Crippen molar-refractivity contribution in [2.45, 2.75) is 6.35 Å². The highest BCUT2D eigenvalue weighted by Crippen LogP contribution is 1.93. The Balaban J connectivity index is 2.33. The van der Waals surface area contributed by atoms with E-state index in [1.165, 1.54) is 0 Å². The topological polar surface area (TPSA) is 58.6 Å². The Hall–Kier alpha value is -0.160. The van der Waals surface area contributed by atoms with Crippen molar-refractivity contribution < 1.29 is 5.11 Å². The molecule has 4 nitrogen and oxygen atoms in total. The van der Waals surface area contributed by atoms with Crippen LogP contribution in [0, 0.1) is 5.21 Å². The number of nitrogens with one attached hydrogen (secondary N) is 1. The van der Waals surface area contributed by atoms with Crippen molar-refractivity contribution in [1.82, 2.24) is 10.4 Å². The number of nitrogens with zero attached hydrogens (tertiary/aromatic N) is 1. The number of hydrogen-bond donors (Lipinski definition) is 2. The molecular weight excluding hydrogens is 96.0 g/mol. The minimum atomic E-state index is -0.958. The Morgan fingerprint density at radius 3 is 2.71 bits per heavy atom. The van der Waals surface area contributed by atoms with Gasteiger partial charge in [0.25, 0.3) is 0 Å². The molecule has 0 radical (unpaired) electrons. The Kier molecular flexibility index (Phi) is 1.25. The van der Waals surface area contributed by atoms with Crippen molar-refractivity contribution in [3.8, 4) is 0 Å². The van der Waals surface area contributed by atoms with E-state index in [9.17, 15) is 5.21 Å². The van der Waals surface area contributed by atoms with Crippen molar-refractivity contribution >= 4 is 0 Å². The number of rotatable bonds is 0. The van der Waals surface area contributed by atoms with E-state index >= 15 is 0 Å². The molecule has 1 heterocycles. The Morgan fingerprint density at radius 1 is 1.86 bits per heavy atom. The summed E-state index contributed by atoms with van der Waals surface area (Å²) >= 11 is 0. The number of aliphatic hydroxyl groups is 1. The minimum absolute atomic E-state index is 0.390. The highest BCUT2D eigenvalue weighted by molar-refractivity contribution is 4.68. The summed E-state index contributed by atoms with van der Waals surface area (Å²) in [7, 11) is 0. The minimum Gasteiger partial charge on any atom is -0.782 e. The maximum atomic E-state index is 10.2. The summed E-state index contributed by atoms with van der Waals surface area (Å²) in [6.07, 6.45) is -0.958. The third-order valence-corrected chi connectivity index (χ3v) is 0.932. The lowest BCUT2D eigenvalue weighted by atomic mass is 10.7. The van der Waals surface area contributed by atoms with E-state index < -0.39 is 6.35 Å². The van der Waals surface area contributed by atoms with Crippen molar-refractivity contribution in [2.75, 3.05) is 13.1 Å². The molecule has 0 aromatic heterocycles. The molecule has 2 N–H and O–H groups in total. The van der Waals surface area contributed by atoms with E-state index in [0.717, 1.165) is 0 Å². The van der Waals surface area contributed by atoms with Crippen LogP contribution >= 0.6 is 0 Å². The first-order valence-corrected chi connectivity index (χ1v) is 2.16. The van der Waals surface area contributed by atoms with E-state index in [2.05, 4.69) is 5.32 Å². The Morgan fingerprint density at radius 2 is 2.57 bits per heavy atom. The van der Waals surface area contributed by atoms with Gasteiger partial charge in [0.05, 0.1) is 0 Å². The first-order chi connectivity index (χ1) is 3.30. The Labute approximate surface area is 41.3 Å². The van der Waals surface area contributed by atoms with Gasteiger partial charge in [-0.3, -0.25) is 5.32 Å². The summed E-state index contributed by atoms with van der Waals surface area (Å²) in [5, 5.41) is 21.8. The molecule has 1 rings (SSSR count). The maximum Gasteiger partial charge on any atom is 0.151 e. The first kappa shape index (κ1) is 4.99. The summed E-state index contributed by atoms with van der Waals surface area (Å²) in [6.45, 7) is 0.978. The van der Waals surface area contributed by atoms with Crippen molar-refractivity contribution in [3.63, 3.8) is 0 Å². The summed E-state index contributed by atoms with van der Waals surface area (Å²) in [5.41, 5.74) is 0. The number of hydrogen-bond acceptors (Lipinski definition) is 4. The molecule has 1 unspecified atom stereocenters. The van der Waals surface area contributed by atoms with Crippen LogP contribution in [-0.4, -0.2) is 29.6 Å². The molecule has 0 bridgehead atoms. The van der Waals surface area contributed by atoms with Crippen LogP contribution in [0.25, 0.3) is 0 Å². The Bertz CT molecular complexity index is 60.0. The van der Waals surface area contributed by atoms with Crippen LogP contribution < -0.4 is 5.32 Å². The van der Waals surface area contributed by atoms with Crippen molar-refractivity contribution in [3.05, 3.63) is 5.21 Å². The predicted octanol–water partition coefficient (Wildman–Crippen LogP) is -1.33. The van der Waals surface area contributed by atoms with Gasteiger partial charge in [0.15, 0.2) is 6.35 Å². The van der Waals surface area contributed by atoms with Gasteiger partial charge in [0, 0.05) is 13.1 Å². The molecule has 7 heavy (non-hydrogen) atoms. The summed E-state index contributed by atoms with van der Waals surface area (Å²) in [5.74, 6) is 0. The van der Waals surface area contributed by atoms with E-state index in [0.29, 0.717) is 18.2 Å². The van der Waals surface area contributed by atoms with Crippen LogP contribution in [0.1, 0.15) is 0 Å². The second kappa shape index (κ2) is 1.75. The molecule has 0 aromatic carbocycles. The summed E-state index contributed by atoms with van der Waals surface area (Å²) in [6, 6.07) is 0. The molecule has 42 valence electrons. The predicted molar refractivity (Wildman–Crippen MR) is 24.1 cm³/mol. The van der Waals surface area contributed by atoms with Gasteiger partial charge in [0.2, 0.25) is 0 Å². The van der Waals surface area contributed by atoms with E-state index in [1.54, 1.807) is 0 Å². The van der Waals surface area contributed by atoms with Gasteiger partial charge in [-0.2, -0.15) is 0 Å². The van der Waals surface area contributed by atoms with Crippen LogP contribution in [-0.2, 0) is 0 Å². The monoisotopic (exact) mass is 103 g/mol. The van der Waals surface area contributed by atoms with Crippen LogP contribution in [0.4, 0.5) is 0 Å². The van der Waals surface area contributed by atoms with E-state index in [4.69, 9.17) is 5.11 Å². The average molecular weight is 103 g/mol. The molecule has 1 aliphatic heterocycles. The molecule has 1 aliphatic rings. The van der Waals surface area contributed by atoms with Gasteiger partial charge in [-0.05, 0) is 0 Å². The molecule has 0 aromatic rings. The first-order valence-electron chi connectivity index (χ1n) is 2.16. The van der Waals surface area contributed by atoms with Crippen LogP contribution in [0.2, 0.25) is 0 Å². The second-order valence-electron chi connectivity index (χ2n) is 1.47. The third kappa shape index (κ3) is 0.889. The zero-order chi connectivity index (χ0) is 5.28. The molecule has 0 amide bonds. The van der Waals surface area contributed by atoms with Gasteiger partial charge >= 0.3 is 0 Å². The molecule has 0 spiro atoms. The third-order valence-electron chi connectivity index (χ3n) is 0.932. The van der Waals surface area contributed by atoms with Crippen LogP contribution in [0.5, 0.6) is 0 Å². The smallest absolute Gasteiger partial charge is 0.151 e. The zero-order valence-electron chi connectivity index (χ0n) is 3.79. The fourth-order valence-corrected chi connectivity index (χ4v) is 0.528. The highest BCUT2D eigenvalue weighted by atomic mass is 16.5. The lowest BCUT2D eigenvalue weighted by molar-refractivity contribution is 0.0539. The summed E-state index contributed by atoms with van der Waals surface area (Å²) < 4.78 is 0. The SMILES string of the molecule is [O-]N1CCNC1O. The molecule has 1 fully saturated rings. The second-order valence-corrected chi connectivity index (χ2v) is 1.47. The van der Waals surface area contributed by atoms with Gasteiger partial charge in [0.1, 0.15) is 0 Å². The van der Waals surface area contributed by atoms with Crippen LogP contribution in [0.15, 0.2) is 0 Å². The van der Waals surface area contributed by atoms with Gasteiger partial charge in [-0.25, -0.2) is 0 Å². The normalized spacial score (nSPS) is 34.3. The van der Waals surface area contributed by atoms with Crippen molar-refractivity contribution in [2.24, 2.45) is 0 Å². The molecule has 1 saturated heterocycles. The van der Waals surface area contributed by atoms with Crippen LogP contribution in [0.3, 0.4) is 0 Å². The van der Waals surface area contributed by atoms with E-state index in [1.807, 2.05) is 0 Å². The molecule has 0 aliphatic carbocycles. The van der Waals surface area contributed by atoms with E-state index in [-0.39, 0.29) is 0 Å². The highest BCUT2D eigenvalue weighted by Gasteiger charge is 2.10. The number of hydroxylamine groups is 2. The largest absolute Gasteiger partial charge is 0.782 e. The fourth-order valence-electron chi connectivity index (χ4n) is 0.528. The quantitative estimate of drug-likeness (QED) is 0.398. The molecule has 1 atom stereocenters. The lowest BCUT2D eigenvalue weighted by Crippen LogP contribution is -2.30. The lowest BCUT2D eigenvalue weighted by Gasteiger charge is -2.23. The standard InChI is InChI=1S/C3H7N2O2/c6-3-4-1-2-5(3)7/h3-4,6H,1-2H2/q-1. The molecule has 0 saturated carbocycles. The molecule has 4 heteroatoms. The maximum absolute atomic E-state index is 10.2.